The molecule has 27 heavy (non-hydrogen) atoms. The van der Waals surface area contributed by atoms with Crippen LogP contribution in [0.1, 0.15) is 0 Å². The van der Waals surface area contributed by atoms with E-state index in [1.807, 2.05) is 0 Å². The van der Waals surface area contributed by atoms with Gasteiger partial charge in [-0.1, -0.05) is 0 Å². The van der Waals surface area contributed by atoms with E-state index in [0.29, 0.717) is 0 Å². The van der Waals surface area contributed by atoms with Crippen LogP contribution < -0.4 is 0 Å². The number of hydrogen-bond donors (Lipinski definition) is 6. The van der Waals surface area contributed by atoms with Gasteiger partial charge in [0.2, 0.25) is 0 Å². The molecule has 2 bridgehead atoms. The minimum atomic E-state index is -5.04. The van der Waals surface area contributed by atoms with E-state index in [1.54, 1.807) is 0 Å². The number of fused-ring (bicyclic) bond motifs is 2. The van der Waals surface area contributed by atoms with Crippen molar-refractivity contribution in [1.29, 1.82) is 0 Å². The van der Waals surface area contributed by atoms with Crippen LogP contribution >= 0.6 is 0 Å². The molecule has 13 nitrogen and oxygen atoms in total. The zero-order valence-corrected chi connectivity index (χ0v) is 17.0. The zero-order chi connectivity index (χ0) is 19.2. The molecule has 3 aliphatic heterocycles. The van der Waals surface area contributed by atoms with E-state index in [2.05, 4.69) is 4.18 Å². The van der Waals surface area contributed by atoms with Crippen LogP contribution in [0, 0.1) is 0 Å². The van der Waals surface area contributed by atoms with Crippen LogP contribution in [0.3, 0.4) is 0 Å². The van der Waals surface area contributed by atoms with Gasteiger partial charge in [-0.3, -0.25) is 4.55 Å². The zero-order valence-electron chi connectivity index (χ0n) is 14.1. The molecule has 6 N–H and O–H groups in total. The molecule has 0 aromatic carbocycles. The molecule has 0 aromatic rings. The first-order chi connectivity index (χ1) is 12.1. The Morgan fingerprint density at radius 1 is 1.00 bits per heavy atom. The third-order valence-electron chi connectivity index (χ3n) is 4.43. The Morgan fingerprint density at radius 2 is 1.67 bits per heavy atom. The van der Waals surface area contributed by atoms with Crippen LogP contribution in [-0.2, 0) is 33.5 Å². The Kier molecular flexibility index (Phi) is 8.03. The largest absolute Gasteiger partial charge is 0.397 e. The average Bonchev–Trinajstić information content (AvgIpc) is 2.82. The molecule has 1 radical (unpaired) electrons. The van der Waals surface area contributed by atoms with Gasteiger partial charge in [-0.15, -0.1) is 0 Å². The maximum atomic E-state index is 11.1. The summed E-state index contributed by atoms with van der Waals surface area (Å²) in [5.74, 6) is 0. The van der Waals surface area contributed by atoms with E-state index in [9.17, 15) is 34.0 Å². The smallest absolute Gasteiger partial charge is 0.394 e. The third-order valence-corrected chi connectivity index (χ3v) is 4.90. The van der Waals surface area contributed by atoms with Gasteiger partial charge >= 0.3 is 10.4 Å². The molecule has 0 aromatic heterocycles. The van der Waals surface area contributed by atoms with E-state index in [-0.39, 0.29) is 36.2 Å². The molecule has 3 saturated heterocycles. The quantitative estimate of drug-likeness (QED) is 0.180. The molecular weight excluding hydrogens is 407 g/mol. The summed E-state index contributed by atoms with van der Waals surface area (Å²) in [7, 11) is -5.04. The molecule has 153 valence electrons. The Bertz CT molecular complexity index is 604. The number of aliphatic hydroxyl groups excluding tert-OH is 5. The number of rotatable bonds is 5. The summed E-state index contributed by atoms with van der Waals surface area (Å²) < 4.78 is 56.2. The maximum absolute atomic E-state index is 11.1. The molecule has 3 heterocycles. The second kappa shape index (κ2) is 9.11. The molecule has 15 heteroatoms. The summed E-state index contributed by atoms with van der Waals surface area (Å²) in [5.41, 5.74) is 0. The first-order valence-corrected chi connectivity index (χ1v) is 9.05. The van der Waals surface area contributed by atoms with Crippen molar-refractivity contribution < 1.29 is 61.6 Å². The molecule has 3 rings (SSSR count). The van der Waals surface area contributed by atoms with Gasteiger partial charge in [-0.05, 0) is 0 Å². The predicted octanol–water partition coefficient (Wildman–Crippen LogP) is -4.91. The van der Waals surface area contributed by atoms with Crippen molar-refractivity contribution in [3.8, 4) is 0 Å². The van der Waals surface area contributed by atoms with Crippen molar-refractivity contribution in [2.75, 3.05) is 13.2 Å². The van der Waals surface area contributed by atoms with E-state index in [4.69, 9.17) is 23.5 Å². The van der Waals surface area contributed by atoms with Gasteiger partial charge < -0.3 is 44.5 Å². The maximum Gasteiger partial charge on any atom is 0.397 e. The van der Waals surface area contributed by atoms with Crippen LogP contribution in [0.25, 0.3) is 0 Å². The van der Waals surface area contributed by atoms with Crippen LogP contribution in [0.4, 0.5) is 0 Å². The van der Waals surface area contributed by atoms with Crippen LogP contribution in [-0.4, -0.2) is 143 Å². The summed E-state index contributed by atoms with van der Waals surface area (Å²) in [4.78, 5) is 0. The minimum Gasteiger partial charge on any atom is -0.394 e. The third kappa shape index (κ3) is 4.99. The fourth-order valence-electron chi connectivity index (χ4n) is 3.18. The summed E-state index contributed by atoms with van der Waals surface area (Å²) in [5, 5.41) is 49.1. The number of hydrogen-bond acceptors (Lipinski definition) is 12. The Labute approximate surface area is 176 Å². The van der Waals surface area contributed by atoms with Gasteiger partial charge in [0.15, 0.2) is 12.6 Å². The van der Waals surface area contributed by atoms with Crippen molar-refractivity contribution in [3.05, 3.63) is 0 Å². The average molecular weight is 427 g/mol. The van der Waals surface area contributed by atoms with Crippen LogP contribution in [0.5, 0.6) is 0 Å². The van der Waals surface area contributed by atoms with Crippen molar-refractivity contribution in [3.63, 3.8) is 0 Å². The fraction of sp³-hybridized carbons (Fsp3) is 1.00. The van der Waals surface area contributed by atoms with Crippen LogP contribution in [0.2, 0.25) is 0 Å². The molecule has 3 aliphatic rings. The SMILES string of the molecule is O=S(=O)(O)O[C@@H]1[C@H](O[C@H]2O[C@@H]3CO[C@@H]([C@H]3O)[C@H]2O)[C@@H](O)C(O)O[C@@H]1CO.[Na]. The molecule has 0 aliphatic carbocycles. The van der Waals surface area contributed by atoms with Gasteiger partial charge in [0.25, 0.3) is 0 Å². The molecule has 1 unspecified atom stereocenters. The van der Waals surface area contributed by atoms with E-state index < -0.39 is 78.4 Å². The molecule has 0 saturated carbocycles. The van der Waals surface area contributed by atoms with Gasteiger partial charge in [0.05, 0.1) is 13.2 Å². The molecule has 0 spiro atoms. The standard InChI is InChI=1S/C12H20O13S.Na/c13-1-3-8(25-26(18,19)20)10(6(15)11(17)22-3)24-12-7(16)9-5(14)4(23-12)2-21-9;/h3-17H,1-2H2,(H,18,19,20);/t3-,4-,5+,6-,7-,8+,9+,10-,11?,12-;/m1./s1. The van der Waals surface area contributed by atoms with E-state index >= 15 is 0 Å². The van der Waals surface area contributed by atoms with E-state index in [1.165, 1.54) is 0 Å². The van der Waals surface area contributed by atoms with Gasteiger partial charge in [0, 0.05) is 29.6 Å². The monoisotopic (exact) mass is 427 g/mol. The first-order valence-electron chi connectivity index (χ1n) is 7.69. The molecule has 3 fully saturated rings. The summed E-state index contributed by atoms with van der Waals surface area (Å²) in [6.07, 6.45) is -14.6. The topological polar surface area (TPSA) is 202 Å². The van der Waals surface area contributed by atoms with Crippen molar-refractivity contribution in [2.45, 2.75) is 61.4 Å². The summed E-state index contributed by atoms with van der Waals surface area (Å²) >= 11 is 0. The summed E-state index contributed by atoms with van der Waals surface area (Å²) in [6, 6.07) is 0. The Morgan fingerprint density at radius 3 is 2.26 bits per heavy atom. The van der Waals surface area contributed by atoms with E-state index in [0.717, 1.165) is 0 Å². The summed E-state index contributed by atoms with van der Waals surface area (Å²) in [6.45, 7) is -0.864. The van der Waals surface area contributed by atoms with Crippen molar-refractivity contribution in [1.82, 2.24) is 0 Å². The molecule has 0 amide bonds. The van der Waals surface area contributed by atoms with Gasteiger partial charge in [-0.2, -0.15) is 8.42 Å². The van der Waals surface area contributed by atoms with Crippen molar-refractivity contribution >= 4 is 40.0 Å². The normalized spacial score (nSPS) is 47.5. The fourth-order valence-corrected chi connectivity index (χ4v) is 3.69. The first kappa shape index (κ1) is 23.8. The number of aliphatic hydroxyl groups is 5. The Hall–Kier alpha value is 0.510. The van der Waals surface area contributed by atoms with Crippen LogP contribution in [0.15, 0.2) is 0 Å². The Balaban J connectivity index is 0.00000261. The predicted molar refractivity (Wildman–Crippen MR) is 81.4 cm³/mol. The van der Waals surface area contributed by atoms with Crippen molar-refractivity contribution in [2.24, 2.45) is 0 Å². The minimum absolute atomic E-state index is 0. The second-order valence-electron chi connectivity index (χ2n) is 6.15. The number of ether oxygens (including phenoxy) is 4. The second-order valence-corrected chi connectivity index (χ2v) is 7.20. The van der Waals surface area contributed by atoms with Gasteiger partial charge in [-0.25, -0.2) is 4.18 Å². The van der Waals surface area contributed by atoms with Gasteiger partial charge in [0.1, 0.15) is 48.8 Å². The molecule has 10 atom stereocenters. The molecular formula is C12H20NaO13S.